The molecule has 0 saturated carbocycles. The smallest absolute Gasteiger partial charge is 0.327 e. The number of hydrogen-bond acceptors (Lipinski definition) is 7. The summed E-state index contributed by atoms with van der Waals surface area (Å²) in [5.74, 6) is -4.49. The maximum Gasteiger partial charge on any atom is 0.327 e. The van der Waals surface area contributed by atoms with E-state index < -0.39 is 53.8 Å². The van der Waals surface area contributed by atoms with Crippen molar-refractivity contribution in [1.29, 1.82) is 0 Å². The Kier molecular flexibility index (Phi) is 11.9. The SMILES string of the molecule is CC(C)CC(NC(=O)C(C)NC(=O)C(N)CCC(=O)O)C(=O)NC(CS)C(=O)O. The molecule has 0 rings (SSSR count). The zero-order valence-corrected chi connectivity index (χ0v) is 17.6. The molecule has 12 heteroatoms. The first-order chi connectivity index (χ1) is 13.4. The summed E-state index contributed by atoms with van der Waals surface area (Å²) in [6, 6.07) is -4.35. The molecule has 0 saturated heterocycles. The Morgan fingerprint density at radius 1 is 0.897 bits per heavy atom. The molecule has 0 aromatic carbocycles. The number of carbonyl (C=O) groups excluding carboxylic acids is 3. The molecule has 0 aliphatic rings. The van der Waals surface area contributed by atoms with Crippen molar-refractivity contribution < 1.29 is 34.2 Å². The van der Waals surface area contributed by atoms with Gasteiger partial charge >= 0.3 is 11.9 Å². The van der Waals surface area contributed by atoms with Crippen LogP contribution in [0, 0.1) is 5.92 Å². The van der Waals surface area contributed by atoms with Crippen molar-refractivity contribution in [2.45, 2.75) is 64.2 Å². The van der Waals surface area contributed by atoms with Gasteiger partial charge in [-0.1, -0.05) is 13.8 Å². The first-order valence-electron chi connectivity index (χ1n) is 9.11. The third-order valence-corrected chi connectivity index (χ3v) is 4.26. The predicted octanol–water partition coefficient (Wildman–Crippen LogP) is -1.29. The summed E-state index contributed by atoms with van der Waals surface area (Å²) in [5, 5.41) is 24.8. The van der Waals surface area contributed by atoms with Gasteiger partial charge in [0.25, 0.3) is 0 Å². The first kappa shape index (κ1) is 26.7. The fourth-order valence-electron chi connectivity index (χ4n) is 2.25. The van der Waals surface area contributed by atoms with E-state index in [2.05, 4.69) is 28.6 Å². The standard InChI is InChI=1S/C17H30N4O7S/c1-8(2)6-11(16(26)21-12(7-29)17(27)28)20-14(24)9(3)19-15(25)10(18)4-5-13(22)23/h8-12,29H,4-7,18H2,1-3H3,(H,19,25)(H,20,24)(H,21,26)(H,22,23)(H,27,28). The third kappa shape index (κ3) is 10.7. The summed E-state index contributed by atoms with van der Waals surface area (Å²) in [7, 11) is 0. The molecule has 0 aliphatic carbocycles. The quantitative estimate of drug-likeness (QED) is 0.174. The summed E-state index contributed by atoms with van der Waals surface area (Å²) in [4.78, 5) is 58.4. The number of thiol groups is 1. The lowest BCUT2D eigenvalue weighted by Gasteiger charge is -2.24. The van der Waals surface area contributed by atoms with Crippen LogP contribution in [0.1, 0.15) is 40.0 Å². The maximum atomic E-state index is 12.4. The van der Waals surface area contributed by atoms with Crippen LogP contribution in [0.2, 0.25) is 0 Å². The molecular formula is C17H30N4O7S. The van der Waals surface area contributed by atoms with Crippen molar-refractivity contribution in [1.82, 2.24) is 16.0 Å². The monoisotopic (exact) mass is 434 g/mol. The number of carboxylic acids is 2. The Bertz CT molecular complexity index is 615. The Labute approximate surface area is 174 Å². The van der Waals surface area contributed by atoms with Crippen LogP contribution in [0.25, 0.3) is 0 Å². The Morgan fingerprint density at radius 2 is 1.45 bits per heavy atom. The fourth-order valence-corrected chi connectivity index (χ4v) is 2.50. The molecule has 0 aromatic rings. The minimum absolute atomic E-state index is 0.0136. The number of carbonyl (C=O) groups is 5. The lowest BCUT2D eigenvalue weighted by molar-refractivity contribution is -0.141. The Morgan fingerprint density at radius 3 is 1.90 bits per heavy atom. The molecule has 166 valence electrons. The number of rotatable bonds is 13. The molecule has 0 spiro atoms. The molecule has 3 amide bonds. The lowest BCUT2D eigenvalue weighted by Crippen LogP contribution is -2.56. The van der Waals surface area contributed by atoms with E-state index in [1.165, 1.54) is 6.92 Å². The van der Waals surface area contributed by atoms with Crippen molar-refractivity contribution in [3.8, 4) is 0 Å². The third-order valence-electron chi connectivity index (χ3n) is 3.90. The highest BCUT2D eigenvalue weighted by Crippen LogP contribution is 2.06. The molecule has 0 fully saturated rings. The largest absolute Gasteiger partial charge is 0.481 e. The van der Waals surface area contributed by atoms with Crippen molar-refractivity contribution in [2.24, 2.45) is 11.7 Å². The van der Waals surface area contributed by atoms with Crippen LogP contribution < -0.4 is 21.7 Å². The van der Waals surface area contributed by atoms with E-state index in [1.807, 2.05) is 13.8 Å². The molecule has 4 atom stereocenters. The van der Waals surface area contributed by atoms with Gasteiger partial charge in [-0.2, -0.15) is 12.6 Å². The molecule has 7 N–H and O–H groups in total. The van der Waals surface area contributed by atoms with Crippen molar-refractivity contribution in [3.63, 3.8) is 0 Å². The van der Waals surface area contributed by atoms with Gasteiger partial charge in [0.1, 0.15) is 18.1 Å². The van der Waals surface area contributed by atoms with E-state index in [0.29, 0.717) is 0 Å². The molecule has 0 aromatic heterocycles. The number of carboxylic acid groups (broad SMARTS) is 2. The topological polar surface area (TPSA) is 188 Å². The molecule has 0 bridgehead atoms. The van der Waals surface area contributed by atoms with Gasteiger partial charge in [-0.15, -0.1) is 0 Å². The van der Waals surface area contributed by atoms with E-state index >= 15 is 0 Å². The van der Waals surface area contributed by atoms with Gasteiger partial charge in [-0.3, -0.25) is 19.2 Å². The van der Waals surface area contributed by atoms with Crippen LogP contribution in [0.4, 0.5) is 0 Å². The molecule has 0 aliphatic heterocycles. The highest BCUT2D eigenvalue weighted by molar-refractivity contribution is 7.80. The number of nitrogens with one attached hydrogen (secondary N) is 3. The van der Waals surface area contributed by atoms with E-state index in [0.717, 1.165) is 0 Å². The van der Waals surface area contributed by atoms with E-state index in [4.69, 9.17) is 15.9 Å². The van der Waals surface area contributed by atoms with E-state index in [9.17, 15) is 24.0 Å². The van der Waals surface area contributed by atoms with Gasteiger partial charge < -0.3 is 31.9 Å². The highest BCUT2D eigenvalue weighted by Gasteiger charge is 2.28. The lowest BCUT2D eigenvalue weighted by atomic mass is 10.0. The van der Waals surface area contributed by atoms with Crippen molar-refractivity contribution in [2.75, 3.05) is 5.75 Å². The zero-order chi connectivity index (χ0) is 22.7. The Balaban J connectivity index is 4.95. The number of hydrogen-bond donors (Lipinski definition) is 7. The number of aliphatic carboxylic acids is 2. The first-order valence-corrected chi connectivity index (χ1v) is 9.74. The molecule has 29 heavy (non-hydrogen) atoms. The van der Waals surface area contributed by atoms with Gasteiger partial charge in [-0.25, -0.2) is 4.79 Å². The normalized spacial score (nSPS) is 15.0. The average molecular weight is 435 g/mol. The summed E-state index contributed by atoms with van der Waals surface area (Å²) >= 11 is 3.88. The van der Waals surface area contributed by atoms with Crippen LogP contribution in [-0.2, 0) is 24.0 Å². The van der Waals surface area contributed by atoms with Crippen LogP contribution >= 0.6 is 12.6 Å². The predicted molar refractivity (Wildman–Crippen MR) is 107 cm³/mol. The second-order valence-corrected chi connectivity index (χ2v) is 7.41. The number of nitrogens with two attached hydrogens (primary N) is 1. The molecular weight excluding hydrogens is 404 g/mol. The van der Waals surface area contributed by atoms with Crippen LogP contribution in [0.3, 0.4) is 0 Å². The summed E-state index contributed by atoms with van der Waals surface area (Å²) < 4.78 is 0. The van der Waals surface area contributed by atoms with E-state index in [-0.39, 0.29) is 30.9 Å². The van der Waals surface area contributed by atoms with Crippen LogP contribution in [0.5, 0.6) is 0 Å². The maximum absolute atomic E-state index is 12.4. The van der Waals surface area contributed by atoms with Gasteiger partial charge in [0.05, 0.1) is 6.04 Å². The molecule has 0 radical (unpaired) electrons. The summed E-state index contributed by atoms with van der Waals surface area (Å²) in [6.45, 7) is 5.04. The van der Waals surface area contributed by atoms with Crippen molar-refractivity contribution in [3.05, 3.63) is 0 Å². The summed E-state index contributed by atoms with van der Waals surface area (Å²) in [5.41, 5.74) is 5.59. The second kappa shape index (κ2) is 13.0. The molecule has 11 nitrogen and oxygen atoms in total. The van der Waals surface area contributed by atoms with Gasteiger partial charge in [0.2, 0.25) is 17.7 Å². The molecule has 0 heterocycles. The second-order valence-electron chi connectivity index (χ2n) is 7.04. The van der Waals surface area contributed by atoms with E-state index in [1.54, 1.807) is 0 Å². The summed E-state index contributed by atoms with van der Waals surface area (Å²) in [6.07, 6.45) is -0.134. The fraction of sp³-hybridized carbons (Fsp3) is 0.706. The van der Waals surface area contributed by atoms with Crippen LogP contribution in [0.15, 0.2) is 0 Å². The van der Waals surface area contributed by atoms with Crippen molar-refractivity contribution >= 4 is 42.3 Å². The zero-order valence-electron chi connectivity index (χ0n) is 16.7. The number of amides is 3. The van der Waals surface area contributed by atoms with Gasteiger partial charge in [0, 0.05) is 12.2 Å². The van der Waals surface area contributed by atoms with Crippen LogP contribution in [-0.4, -0.2) is 69.8 Å². The minimum atomic E-state index is -1.25. The van der Waals surface area contributed by atoms with Gasteiger partial charge in [-0.05, 0) is 25.7 Å². The highest BCUT2D eigenvalue weighted by atomic mass is 32.1. The average Bonchev–Trinajstić information content (AvgIpc) is 2.62. The Hall–Kier alpha value is -2.34. The minimum Gasteiger partial charge on any atom is -0.481 e. The molecule has 4 unspecified atom stereocenters. The van der Waals surface area contributed by atoms with Gasteiger partial charge in [0.15, 0.2) is 0 Å².